The van der Waals surface area contributed by atoms with Gasteiger partial charge >= 0.3 is 0 Å². The van der Waals surface area contributed by atoms with Crippen LogP contribution in [0.5, 0.6) is 0 Å². The zero-order valence-electron chi connectivity index (χ0n) is 9.21. The fourth-order valence-corrected chi connectivity index (χ4v) is 1.27. The highest BCUT2D eigenvalue weighted by molar-refractivity contribution is 5.99. The van der Waals surface area contributed by atoms with Gasteiger partial charge in [0.05, 0.1) is 5.56 Å². The summed E-state index contributed by atoms with van der Waals surface area (Å²) in [5.74, 6) is -0.0686. The SMILES string of the molecule is CCCCNC(=O)c1cnccc1NC. The number of aromatic nitrogens is 1. The van der Waals surface area contributed by atoms with Gasteiger partial charge < -0.3 is 10.6 Å². The normalized spacial score (nSPS) is 9.73. The van der Waals surface area contributed by atoms with Crippen molar-refractivity contribution < 1.29 is 4.79 Å². The Kier molecular flexibility index (Phi) is 4.60. The lowest BCUT2D eigenvalue weighted by atomic mass is 10.2. The zero-order valence-corrected chi connectivity index (χ0v) is 9.21. The Morgan fingerprint density at radius 2 is 2.33 bits per heavy atom. The van der Waals surface area contributed by atoms with Crippen molar-refractivity contribution in [3.63, 3.8) is 0 Å². The molecule has 0 radical (unpaired) electrons. The topological polar surface area (TPSA) is 54.0 Å². The molecule has 0 spiro atoms. The Hall–Kier alpha value is -1.58. The maximum atomic E-state index is 11.7. The van der Waals surface area contributed by atoms with Crippen molar-refractivity contribution in [2.45, 2.75) is 19.8 Å². The summed E-state index contributed by atoms with van der Waals surface area (Å²) in [5, 5.41) is 5.82. The van der Waals surface area contributed by atoms with E-state index in [1.807, 2.05) is 0 Å². The molecule has 82 valence electrons. The first-order chi connectivity index (χ1) is 7.29. The molecule has 0 unspecified atom stereocenters. The van der Waals surface area contributed by atoms with Crippen LogP contribution in [0.25, 0.3) is 0 Å². The van der Waals surface area contributed by atoms with E-state index >= 15 is 0 Å². The molecule has 15 heavy (non-hydrogen) atoms. The summed E-state index contributed by atoms with van der Waals surface area (Å²) in [7, 11) is 1.79. The quantitative estimate of drug-likeness (QED) is 0.722. The fraction of sp³-hybridized carbons (Fsp3) is 0.455. The predicted molar refractivity (Wildman–Crippen MR) is 61.0 cm³/mol. The number of rotatable bonds is 5. The second-order valence-corrected chi connectivity index (χ2v) is 3.28. The van der Waals surface area contributed by atoms with Gasteiger partial charge in [0.15, 0.2) is 0 Å². The number of carbonyl (C=O) groups is 1. The average molecular weight is 207 g/mol. The Morgan fingerprint density at radius 3 is 3.00 bits per heavy atom. The highest BCUT2D eigenvalue weighted by Crippen LogP contribution is 2.11. The standard InChI is InChI=1S/C11H17N3O/c1-3-4-6-14-11(15)9-8-13-7-5-10(9)12-2/h5,7-8H,3-4,6H2,1-2H3,(H,12,13)(H,14,15). The van der Waals surface area contributed by atoms with Crippen LogP contribution in [0.4, 0.5) is 5.69 Å². The number of nitrogens with zero attached hydrogens (tertiary/aromatic N) is 1. The highest BCUT2D eigenvalue weighted by atomic mass is 16.1. The summed E-state index contributed by atoms with van der Waals surface area (Å²) in [5.41, 5.74) is 1.40. The molecule has 0 aliphatic heterocycles. The predicted octanol–water partition coefficient (Wildman–Crippen LogP) is 1.65. The molecule has 1 heterocycles. The minimum atomic E-state index is -0.0686. The molecule has 1 rings (SSSR count). The van der Waals surface area contributed by atoms with Gasteiger partial charge in [-0.2, -0.15) is 0 Å². The summed E-state index contributed by atoms with van der Waals surface area (Å²) < 4.78 is 0. The molecule has 4 heteroatoms. The van der Waals surface area contributed by atoms with E-state index in [2.05, 4.69) is 22.5 Å². The Bertz CT molecular complexity index is 325. The number of pyridine rings is 1. The van der Waals surface area contributed by atoms with Gasteiger partial charge in [-0.3, -0.25) is 9.78 Å². The van der Waals surface area contributed by atoms with E-state index in [4.69, 9.17) is 0 Å². The Balaban J connectivity index is 2.64. The molecule has 0 saturated carbocycles. The van der Waals surface area contributed by atoms with Crippen LogP contribution in [0.1, 0.15) is 30.1 Å². The molecule has 1 amide bonds. The highest BCUT2D eigenvalue weighted by Gasteiger charge is 2.09. The van der Waals surface area contributed by atoms with Crippen LogP contribution < -0.4 is 10.6 Å². The van der Waals surface area contributed by atoms with Crippen molar-refractivity contribution in [2.24, 2.45) is 0 Å². The fourth-order valence-electron chi connectivity index (χ4n) is 1.27. The molecule has 0 atom stereocenters. The van der Waals surface area contributed by atoms with Crippen LogP contribution >= 0.6 is 0 Å². The van der Waals surface area contributed by atoms with Gasteiger partial charge in [-0.1, -0.05) is 13.3 Å². The lowest BCUT2D eigenvalue weighted by Gasteiger charge is -2.08. The van der Waals surface area contributed by atoms with E-state index in [1.54, 1.807) is 25.5 Å². The third-order valence-corrected chi connectivity index (χ3v) is 2.15. The number of anilines is 1. The van der Waals surface area contributed by atoms with Gasteiger partial charge in [0.1, 0.15) is 0 Å². The number of unbranched alkanes of at least 4 members (excludes halogenated alkanes) is 1. The van der Waals surface area contributed by atoms with Gasteiger partial charge in [0.25, 0.3) is 5.91 Å². The second kappa shape index (κ2) is 6.01. The van der Waals surface area contributed by atoms with Gasteiger partial charge in [0, 0.05) is 31.7 Å². The van der Waals surface area contributed by atoms with Crippen LogP contribution in [0.3, 0.4) is 0 Å². The van der Waals surface area contributed by atoms with Gasteiger partial charge in [-0.25, -0.2) is 0 Å². The monoisotopic (exact) mass is 207 g/mol. The molecule has 0 fully saturated rings. The third-order valence-electron chi connectivity index (χ3n) is 2.15. The van der Waals surface area contributed by atoms with E-state index < -0.39 is 0 Å². The van der Waals surface area contributed by atoms with Crippen LogP contribution in [-0.4, -0.2) is 24.5 Å². The maximum Gasteiger partial charge on any atom is 0.254 e. The van der Waals surface area contributed by atoms with Crippen LogP contribution in [-0.2, 0) is 0 Å². The van der Waals surface area contributed by atoms with E-state index in [0.717, 1.165) is 18.5 Å². The largest absolute Gasteiger partial charge is 0.387 e. The number of amides is 1. The van der Waals surface area contributed by atoms with E-state index in [1.165, 1.54) is 0 Å². The minimum Gasteiger partial charge on any atom is -0.387 e. The van der Waals surface area contributed by atoms with Crippen molar-refractivity contribution in [3.8, 4) is 0 Å². The third kappa shape index (κ3) is 3.23. The first-order valence-electron chi connectivity index (χ1n) is 5.19. The number of hydrogen-bond donors (Lipinski definition) is 2. The lowest BCUT2D eigenvalue weighted by molar-refractivity contribution is 0.0953. The molecule has 0 saturated heterocycles. The number of carbonyl (C=O) groups excluding carboxylic acids is 1. The summed E-state index contributed by atoms with van der Waals surface area (Å²) >= 11 is 0. The van der Waals surface area contributed by atoms with Crippen molar-refractivity contribution in [3.05, 3.63) is 24.0 Å². The van der Waals surface area contributed by atoms with E-state index in [-0.39, 0.29) is 5.91 Å². The zero-order chi connectivity index (χ0) is 11.1. The summed E-state index contributed by atoms with van der Waals surface area (Å²) in [4.78, 5) is 15.6. The van der Waals surface area contributed by atoms with Crippen molar-refractivity contribution in [1.82, 2.24) is 10.3 Å². The second-order valence-electron chi connectivity index (χ2n) is 3.28. The van der Waals surface area contributed by atoms with Crippen molar-refractivity contribution in [2.75, 3.05) is 18.9 Å². The Labute approximate surface area is 90.1 Å². The molecule has 0 aromatic carbocycles. The van der Waals surface area contributed by atoms with Crippen LogP contribution in [0.15, 0.2) is 18.5 Å². The first kappa shape index (κ1) is 11.5. The maximum absolute atomic E-state index is 11.7. The van der Waals surface area contributed by atoms with Gasteiger partial charge in [-0.15, -0.1) is 0 Å². The summed E-state index contributed by atoms with van der Waals surface area (Å²) in [6.45, 7) is 2.81. The van der Waals surface area contributed by atoms with Crippen LogP contribution in [0.2, 0.25) is 0 Å². The van der Waals surface area contributed by atoms with E-state index in [9.17, 15) is 4.79 Å². The minimum absolute atomic E-state index is 0.0686. The molecular weight excluding hydrogens is 190 g/mol. The number of nitrogens with one attached hydrogen (secondary N) is 2. The molecule has 0 bridgehead atoms. The van der Waals surface area contributed by atoms with Crippen molar-refractivity contribution in [1.29, 1.82) is 0 Å². The summed E-state index contributed by atoms with van der Waals surface area (Å²) in [6, 6.07) is 1.79. The molecule has 1 aromatic rings. The Morgan fingerprint density at radius 1 is 1.53 bits per heavy atom. The van der Waals surface area contributed by atoms with Crippen molar-refractivity contribution >= 4 is 11.6 Å². The average Bonchev–Trinajstić information content (AvgIpc) is 2.29. The smallest absolute Gasteiger partial charge is 0.254 e. The number of hydrogen-bond acceptors (Lipinski definition) is 3. The molecule has 0 aliphatic rings. The summed E-state index contributed by atoms with van der Waals surface area (Å²) in [6.07, 6.45) is 5.31. The molecule has 4 nitrogen and oxygen atoms in total. The molecule has 1 aromatic heterocycles. The molecule has 2 N–H and O–H groups in total. The molecule has 0 aliphatic carbocycles. The molecular formula is C11H17N3O. The van der Waals surface area contributed by atoms with Gasteiger partial charge in [-0.05, 0) is 12.5 Å². The lowest BCUT2D eigenvalue weighted by Crippen LogP contribution is -2.25. The van der Waals surface area contributed by atoms with E-state index in [0.29, 0.717) is 12.1 Å². The first-order valence-corrected chi connectivity index (χ1v) is 5.19. The van der Waals surface area contributed by atoms with Crippen LogP contribution in [0, 0.1) is 0 Å². The van der Waals surface area contributed by atoms with Gasteiger partial charge in [0.2, 0.25) is 0 Å².